The molecule has 3 unspecified atom stereocenters. The highest BCUT2D eigenvalue weighted by Crippen LogP contribution is 2.61. The van der Waals surface area contributed by atoms with Crippen molar-refractivity contribution in [3.63, 3.8) is 0 Å². The third-order valence-electron chi connectivity index (χ3n) is 2.97. The molecule has 0 saturated heterocycles. The zero-order valence-electron chi connectivity index (χ0n) is 6.19. The Hall–Kier alpha value is -0.220. The first kappa shape index (κ1) is 7.43. The average molecular weight is 162 g/mol. The van der Waals surface area contributed by atoms with Crippen LogP contribution in [0, 0.1) is 11.8 Å². The predicted octanol–water partition coefficient (Wildman–Crippen LogP) is 0.883. The topological polar surface area (TPSA) is 38.0 Å². The van der Waals surface area contributed by atoms with Gasteiger partial charge in [0.2, 0.25) is 0 Å². The van der Waals surface area contributed by atoms with Gasteiger partial charge in [-0.2, -0.15) is 0 Å². The van der Waals surface area contributed by atoms with Crippen LogP contribution in [-0.4, -0.2) is 12.0 Å². The Morgan fingerprint density at radius 2 is 2.00 bits per heavy atom. The molecule has 64 valence electrons. The van der Waals surface area contributed by atoms with E-state index in [4.69, 9.17) is 5.84 Å². The fourth-order valence-electron chi connectivity index (χ4n) is 2.13. The molecule has 0 aromatic carbocycles. The van der Waals surface area contributed by atoms with Crippen LogP contribution in [0.1, 0.15) is 19.3 Å². The second kappa shape index (κ2) is 2.14. The van der Waals surface area contributed by atoms with Crippen molar-refractivity contribution >= 4 is 0 Å². The van der Waals surface area contributed by atoms with Gasteiger partial charge < -0.3 is 0 Å². The normalized spacial score (nSPS) is 46.6. The number of rotatable bonds is 1. The van der Waals surface area contributed by atoms with E-state index in [1.165, 1.54) is 0 Å². The fraction of sp³-hybridized carbons (Fsp3) is 1.00. The largest absolute Gasteiger partial charge is 0.271 e. The monoisotopic (exact) mass is 162 g/mol. The molecule has 11 heavy (non-hydrogen) atoms. The summed E-state index contributed by atoms with van der Waals surface area (Å²) in [5.41, 5.74) is 2.57. The maximum Gasteiger partial charge on any atom is 0.254 e. The molecule has 2 nitrogen and oxygen atoms in total. The van der Waals surface area contributed by atoms with Crippen molar-refractivity contribution in [3.05, 3.63) is 0 Å². The van der Waals surface area contributed by atoms with E-state index in [0.717, 1.165) is 6.42 Å². The maximum absolute atomic E-state index is 12.7. The van der Waals surface area contributed by atoms with Gasteiger partial charge in [-0.1, -0.05) is 0 Å². The van der Waals surface area contributed by atoms with Crippen LogP contribution in [0.5, 0.6) is 0 Å². The summed E-state index contributed by atoms with van der Waals surface area (Å²) in [6.45, 7) is 0. The summed E-state index contributed by atoms with van der Waals surface area (Å²) in [5.74, 6) is 2.10. The minimum atomic E-state index is -2.37. The predicted molar refractivity (Wildman–Crippen MR) is 36.9 cm³/mol. The second-order valence-corrected chi connectivity index (χ2v) is 3.56. The zero-order chi connectivity index (χ0) is 8.06. The lowest BCUT2D eigenvalue weighted by molar-refractivity contribution is 0.0846. The molecule has 0 heterocycles. The second-order valence-electron chi connectivity index (χ2n) is 3.56. The first-order chi connectivity index (χ1) is 5.16. The third-order valence-corrected chi connectivity index (χ3v) is 2.97. The summed E-state index contributed by atoms with van der Waals surface area (Å²) in [7, 11) is 0. The van der Waals surface area contributed by atoms with E-state index in [9.17, 15) is 8.78 Å². The molecule has 0 amide bonds. The van der Waals surface area contributed by atoms with E-state index >= 15 is 0 Å². The fourth-order valence-corrected chi connectivity index (χ4v) is 2.13. The van der Waals surface area contributed by atoms with Gasteiger partial charge in [0.1, 0.15) is 0 Å². The lowest BCUT2D eigenvalue weighted by atomic mass is 9.96. The number of hydrazine groups is 1. The molecule has 0 aliphatic heterocycles. The van der Waals surface area contributed by atoms with Gasteiger partial charge in [0.25, 0.3) is 5.92 Å². The van der Waals surface area contributed by atoms with E-state index in [1.54, 1.807) is 0 Å². The Morgan fingerprint density at radius 1 is 1.27 bits per heavy atom. The first-order valence-corrected chi connectivity index (χ1v) is 4.00. The van der Waals surface area contributed by atoms with Crippen LogP contribution < -0.4 is 11.3 Å². The number of fused-ring (bicyclic) bond motifs is 1. The quantitative estimate of drug-likeness (QED) is 0.443. The molecule has 0 aromatic heterocycles. The SMILES string of the molecule is NNC1CCC2C(C1)C2(F)F. The summed E-state index contributed by atoms with van der Waals surface area (Å²) in [6, 6.07) is 0.115. The Bertz CT molecular complexity index is 172. The van der Waals surface area contributed by atoms with E-state index in [1.807, 2.05) is 0 Å². The van der Waals surface area contributed by atoms with Gasteiger partial charge in [0.15, 0.2) is 0 Å². The van der Waals surface area contributed by atoms with Crippen molar-refractivity contribution in [2.24, 2.45) is 17.7 Å². The molecule has 2 aliphatic carbocycles. The standard InChI is InChI=1S/C7H12F2N2/c8-7(9)5-2-1-4(11-10)3-6(5)7/h4-6,11H,1-3,10H2. The van der Waals surface area contributed by atoms with E-state index in [2.05, 4.69) is 5.43 Å². The third kappa shape index (κ3) is 0.964. The summed E-state index contributed by atoms with van der Waals surface area (Å²) >= 11 is 0. The van der Waals surface area contributed by atoms with Crippen molar-refractivity contribution in [1.82, 2.24) is 5.43 Å². The maximum atomic E-state index is 12.7. The van der Waals surface area contributed by atoms with Crippen LogP contribution in [0.4, 0.5) is 8.78 Å². The highest BCUT2D eigenvalue weighted by atomic mass is 19.3. The van der Waals surface area contributed by atoms with Crippen molar-refractivity contribution in [2.75, 3.05) is 0 Å². The van der Waals surface area contributed by atoms with Gasteiger partial charge >= 0.3 is 0 Å². The Morgan fingerprint density at radius 3 is 2.55 bits per heavy atom. The molecule has 2 fully saturated rings. The highest BCUT2D eigenvalue weighted by molar-refractivity contribution is 5.09. The van der Waals surface area contributed by atoms with Crippen LogP contribution in [0.3, 0.4) is 0 Å². The Balaban J connectivity index is 1.97. The molecule has 2 saturated carbocycles. The molecular weight excluding hydrogens is 150 g/mol. The van der Waals surface area contributed by atoms with Crippen molar-refractivity contribution in [3.8, 4) is 0 Å². The van der Waals surface area contributed by atoms with Gasteiger partial charge in [-0.15, -0.1) is 0 Å². The van der Waals surface area contributed by atoms with Crippen molar-refractivity contribution in [1.29, 1.82) is 0 Å². The van der Waals surface area contributed by atoms with Crippen LogP contribution in [0.2, 0.25) is 0 Å². The van der Waals surface area contributed by atoms with E-state index in [0.29, 0.717) is 12.8 Å². The van der Waals surface area contributed by atoms with Crippen LogP contribution in [0.15, 0.2) is 0 Å². The molecule has 0 radical (unpaired) electrons. The first-order valence-electron chi connectivity index (χ1n) is 4.00. The van der Waals surface area contributed by atoms with Gasteiger partial charge in [-0.3, -0.25) is 11.3 Å². The van der Waals surface area contributed by atoms with Crippen LogP contribution in [-0.2, 0) is 0 Å². The summed E-state index contributed by atoms with van der Waals surface area (Å²) in [6.07, 6.45) is 1.98. The number of nitrogens with two attached hydrogens (primary N) is 1. The molecule has 0 bridgehead atoms. The van der Waals surface area contributed by atoms with Gasteiger partial charge in [-0.25, -0.2) is 8.78 Å². The summed E-state index contributed by atoms with van der Waals surface area (Å²) < 4.78 is 25.5. The lowest BCUT2D eigenvalue weighted by Gasteiger charge is -2.17. The van der Waals surface area contributed by atoms with Crippen molar-refractivity contribution in [2.45, 2.75) is 31.2 Å². The summed E-state index contributed by atoms with van der Waals surface area (Å²) in [5, 5.41) is 0. The molecular formula is C7H12F2N2. The number of halogens is 2. The number of nitrogens with one attached hydrogen (secondary N) is 1. The number of alkyl halides is 2. The molecule has 3 N–H and O–H groups in total. The Labute approximate surface area is 64.1 Å². The minimum Gasteiger partial charge on any atom is -0.271 e. The van der Waals surface area contributed by atoms with Gasteiger partial charge in [0.05, 0.1) is 0 Å². The number of hydrogen-bond acceptors (Lipinski definition) is 2. The zero-order valence-corrected chi connectivity index (χ0v) is 6.19. The van der Waals surface area contributed by atoms with Crippen LogP contribution in [0.25, 0.3) is 0 Å². The minimum absolute atomic E-state index is 0.115. The van der Waals surface area contributed by atoms with Crippen LogP contribution >= 0.6 is 0 Å². The summed E-state index contributed by atoms with van der Waals surface area (Å²) in [4.78, 5) is 0. The highest BCUT2D eigenvalue weighted by Gasteiger charge is 2.68. The molecule has 0 spiro atoms. The Kier molecular flexibility index (Phi) is 1.44. The van der Waals surface area contributed by atoms with Gasteiger partial charge in [0, 0.05) is 17.9 Å². The molecule has 3 atom stereocenters. The molecule has 4 heteroatoms. The average Bonchev–Trinajstić information content (AvgIpc) is 2.55. The van der Waals surface area contributed by atoms with Gasteiger partial charge in [-0.05, 0) is 19.3 Å². The molecule has 2 rings (SSSR count). The number of hydrogen-bond donors (Lipinski definition) is 2. The van der Waals surface area contributed by atoms with E-state index < -0.39 is 5.92 Å². The van der Waals surface area contributed by atoms with E-state index in [-0.39, 0.29) is 17.9 Å². The molecule has 0 aromatic rings. The lowest BCUT2D eigenvalue weighted by Crippen LogP contribution is -2.37. The smallest absolute Gasteiger partial charge is 0.254 e. The molecule has 2 aliphatic rings. The van der Waals surface area contributed by atoms with Crippen molar-refractivity contribution < 1.29 is 8.78 Å².